The van der Waals surface area contributed by atoms with Crippen LogP contribution in [0.3, 0.4) is 0 Å². The first-order chi connectivity index (χ1) is 11.1. The molecule has 6 nitrogen and oxygen atoms in total. The Hall–Kier alpha value is -0.570. The van der Waals surface area contributed by atoms with Crippen molar-refractivity contribution >= 4 is 35.8 Å². The zero-order chi connectivity index (χ0) is 16.7. The van der Waals surface area contributed by atoms with E-state index < -0.39 is 0 Å². The number of nitrogens with zero attached hydrogens (tertiary/aromatic N) is 2. The highest BCUT2D eigenvalue weighted by Crippen LogP contribution is 2.27. The highest BCUT2D eigenvalue weighted by Gasteiger charge is 2.32. The molecule has 140 valence electrons. The molecule has 2 atom stereocenters. The van der Waals surface area contributed by atoms with Crippen LogP contribution < -0.4 is 10.6 Å². The molecule has 2 rings (SSSR count). The number of nitrogens with one attached hydrogen (secondary N) is 2. The molecule has 0 bridgehead atoms. The average Bonchev–Trinajstić information content (AvgIpc) is 3.23. The molecule has 0 aromatic carbocycles. The molecule has 1 amide bonds. The van der Waals surface area contributed by atoms with Crippen molar-refractivity contribution in [2.45, 2.75) is 52.0 Å². The standard InChI is InChI=1S/C17H32N4O2.HI/c1-3-18-17(19-10-13(2)12-22)20-15-8-9-21(11-15)16(23)14-6-4-5-7-14;/h13-15,22H,3-12H2,1-2H3,(H2,18,19,20);1H. The first-order valence-corrected chi connectivity index (χ1v) is 9.08. The van der Waals surface area contributed by atoms with Crippen molar-refractivity contribution in [3.8, 4) is 0 Å². The van der Waals surface area contributed by atoms with E-state index in [0.29, 0.717) is 12.5 Å². The summed E-state index contributed by atoms with van der Waals surface area (Å²) in [4.78, 5) is 19.0. The normalized spacial score (nSPS) is 23.0. The van der Waals surface area contributed by atoms with Crippen LogP contribution in [0.4, 0.5) is 0 Å². The first-order valence-electron chi connectivity index (χ1n) is 9.08. The molecule has 0 spiro atoms. The van der Waals surface area contributed by atoms with E-state index in [4.69, 9.17) is 5.11 Å². The lowest BCUT2D eigenvalue weighted by Gasteiger charge is -2.21. The number of guanidine groups is 1. The fraction of sp³-hybridized carbons (Fsp3) is 0.882. The molecule has 2 fully saturated rings. The molecule has 1 aliphatic carbocycles. The number of aliphatic hydroxyl groups is 1. The monoisotopic (exact) mass is 452 g/mol. The minimum atomic E-state index is 0. The van der Waals surface area contributed by atoms with Crippen LogP contribution in [0.25, 0.3) is 0 Å². The molecule has 0 radical (unpaired) electrons. The molecule has 24 heavy (non-hydrogen) atoms. The van der Waals surface area contributed by atoms with Gasteiger partial charge in [0.2, 0.25) is 5.91 Å². The van der Waals surface area contributed by atoms with Crippen molar-refractivity contribution in [2.24, 2.45) is 16.8 Å². The number of rotatable bonds is 6. The molecule has 1 saturated carbocycles. The van der Waals surface area contributed by atoms with Crippen LogP contribution in [-0.2, 0) is 4.79 Å². The zero-order valence-corrected chi connectivity index (χ0v) is 17.3. The smallest absolute Gasteiger partial charge is 0.225 e. The van der Waals surface area contributed by atoms with E-state index in [2.05, 4.69) is 15.6 Å². The SMILES string of the molecule is CCNC(=NCC(C)CO)NC1CCN(C(=O)C2CCCC2)C1.I. The molecule has 2 unspecified atom stereocenters. The van der Waals surface area contributed by atoms with E-state index >= 15 is 0 Å². The van der Waals surface area contributed by atoms with Crippen LogP contribution in [0, 0.1) is 11.8 Å². The van der Waals surface area contributed by atoms with Crippen LogP contribution in [0.15, 0.2) is 4.99 Å². The van der Waals surface area contributed by atoms with E-state index in [9.17, 15) is 4.79 Å². The molecule has 0 aromatic heterocycles. The maximum absolute atomic E-state index is 12.5. The second-order valence-electron chi connectivity index (χ2n) is 6.90. The number of hydrogen-bond acceptors (Lipinski definition) is 3. The minimum Gasteiger partial charge on any atom is -0.396 e. The number of hydrogen-bond donors (Lipinski definition) is 3. The van der Waals surface area contributed by atoms with Crippen LogP contribution in [0.1, 0.15) is 46.0 Å². The van der Waals surface area contributed by atoms with Gasteiger partial charge in [-0.05, 0) is 32.1 Å². The molecule has 3 N–H and O–H groups in total. The highest BCUT2D eigenvalue weighted by atomic mass is 127. The summed E-state index contributed by atoms with van der Waals surface area (Å²) in [5.74, 6) is 1.56. The Morgan fingerprint density at radius 1 is 1.33 bits per heavy atom. The number of aliphatic imine (C=N–C) groups is 1. The fourth-order valence-corrected chi connectivity index (χ4v) is 3.33. The van der Waals surface area contributed by atoms with Gasteiger partial charge in [-0.15, -0.1) is 24.0 Å². The first kappa shape index (κ1) is 21.5. The predicted octanol–water partition coefficient (Wildman–Crippen LogP) is 1.58. The van der Waals surface area contributed by atoms with Gasteiger partial charge in [-0.2, -0.15) is 0 Å². The number of carbonyl (C=O) groups is 1. The Morgan fingerprint density at radius 3 is 2.67 bits per heavy atom. The summed E-state index contributed by atoms with van der Waals surface area (Å²) in [7, 11) is 0. The molecule has 1 heterocycles. The molecular weight excluding hydrogens is 419 g/mol. The van der Waals surface area contributed by atoms with Crippen LogP contribution in [0.5, 0.6) is 0 Å². The van der Waals surface area contributed by atoms with Gasteiger partial charge in [0.05, 0.1) is 0 Å². The van der Waals surface area contributed by atoms with Crippen LogP contribution >= 0.6 is 24.0 Å². The maximum atomic E-state index is 12.5. The Balaban J connectivity index is 0.00000288. The second kappa shape index (κ2) is 11.1. The molecule has 1 aliphatic heterocycles. The Morgan fingerprint density at radius 2 is 2.04 bits per heavy atom. The summed E-state index contributed by atoms with van der Waals surface area (Å²) in [5, 5.41) is 15.8. The summed E-state index contributed by atoms with van der Waals surface area (Å²) in [6.45, 7) is 7.19. The lowest BCUT2D eigenvalue weighted by Crippen LogP contribution is -2.45. The molecule has 7 heteroatoms. The fourth-order valence-electron chi connectivity index (χ4n) is 3.33. The lowest BCUT2D eigenvalue weighted by atomic mass is 10.1. The molecular formula is C17H33IN4O2. The Bertz CT molecular complexity index is 413. The van der Waals surface area contributed by atoms with Gasteiger partial charge in [0.25, 0.3) is 0 Å². The Labute approximate surface area is 162 Å². The topological polar surface area (TPSA) is 77.0 Å². The maximum Gasteiger partial charge on any atom is 0.225 e. The van der Waals surface area contributed by atoms with E-state index in [-0.39, 0.29) is 48.5 Å². The van der Waals surface area contributed by atoms with Crippen molar-refractivity contribution < 1.29 is 9.90 Å². The van der Waals surface area contributed by atoms with Gasteiger partial charge < -0.3 is 20.6 Å². The van der Waals surface area contributed by atoms with E-state index in [0.717, 1.165) is 44.9 Å². The largest absolute Gasteiger partial charge is 0.396 e. The highest BCUT2D eigenvalue weighted by molar-refractivity contribution is 14.0. The second-order valence-corrected chi connectivity index (χ2v) is 6.90. The minimum absolute atomic E-state index is 0. The van der Waals surface area contributed by atoms with Gasteiger partial charge in [-0.25, -0.2) is 0 Å². The average molecular weight is 452 g/mol. The Kier molecular flexibility index (Phi) is 9.95. The number of aliphatic hydroxyl groups excluding tert-OH is 1. The third-order valence-corrected chi connectivity index (χ3v) is 4.76. The molecule has 1 saturated heterocycles. The quantitative estimate of drug-likeness (QED) is 0.325. The van der Waals surface area contributed by atoms with Crippen molar-refractivity contribution in [1.82, 2.24) is 15.5 Å². The lowest BCUT2D eigenvalue weighted by molar-refractivity contribution is -0.134. The number of amides is 1. The van der Waals surface area contributed by atoms with Gasteiger partial charge in [0.15, 0.2) is 5.96 Å². The van der Waals surface area contributed by atoms with Gasteiger partial charge in [-0.3, -0.25) is 9.79 Å². The number of likely N-dealkylation sites (tertiary alicyclic amines) is 1. The van der Waals surface area contributed by atoms with Crippen LogP contribution in [0.2, 0.25) is 0 Å². The predicted molar refractivity (Wildman–Crippen MR) is 108 cm³/mol. The van der Waals surface area contributed by atoms with Crippen molar-refractivity contribution in [2.75, 3.05) is 32.8 Å². The summed E-state index contributed by atoms with van der Waals surface area (Å²) < 4.78 is 0. The number of halogens is 1. The van der Waals surface area contributed by atoms with Crippen molar-refractivity contribution in [3.05, 3.63) is 0 Å². The molecule has 2 aliphatic rings. The summed E-state index contributed by atoms with van der Waals surface area (Å²) >= 11 is 0. The summed E-state index contributed by atoms with van der Waals surface area (Å²) in [6, 6.07) is 0.266. The van der Waals surface area contributed by atoms with Gasteiger partial charge in [0, 0.05) is 44.7 Å². The molecule has 0 aromatic rings. The summed E-state index contributed by atoms with van der Waals surface area (Å²) in [5.41, 5.74) is 0. The third-order valence-electron chi connectivity index (χ3n) is 4.76. The van der Waals surface area contributed by atoms with E-state index in [1.807, 2.05) is 18.7 Å². The third kappa shape index (κ3) is 6.38. The van der Waals surface area contributed by atoms with Gasteiger partial charge in [-0.1, -0.05) is 19.8 Å². The van der Waals surface area contributed by atoms with Crippen molar-refractivity contribution in [1.29, 1.82) is 0 Å². The van der Waals surface area contributed by atoms with Gasteiger partial charge >= 0.3 is 0 Å². The number of carbonyl (C=O) groups excluding carboxylic acids is 1. The zero-order valence-electron chi connectivity index (χ0n) is 15.0. The summed E-state index contributed by atoms with van der Waals surface area (Å²) in [6.07, 6.45) is 5.50. The van der Waals surface area contributed by atoms with Crippen molar-refractivity contribution in [3.63, 3.8) is 0 Å². The van der Waals surface area contributed by atoms with E-state index in [1.165, 1.54) is 12.8 Å². The van der Waals surface area contributed by atoms with Crippen LogP contribution in [-0.4, -0.2) is 60.7 Å². The van der Waals surface area contributed by atoms with E-state index in [1.54, 1.807) is 0 Å². The van der Waals surface area contributed by atoms with Gasteiger partial charge in [0.1, 0.15) is 0 Å².